The number of likely N-dealkylation sites (N-methyl/N-ethyl adjacent to an activating group) is 1. The van der Waals surface area contributed by atoms with Crippen molar-refractivity contribution in [3.8, 4) is 0 Å². The number of hydrogen-bond donors (Lipinski definition) is 0. The van der Waals surface area contributed by atoms with Crippen LogP contribution in [0.2, 0.25) is 0 Å². The fraction of sp³-hybridized carbons (Fsp3) is 0.474. The number of likely N-dealkylation sites (tertiary alicyclic amines) is 1. The molecule has 2 heterocycles. The van der Waals surface area contributed by atoms with Gasteiger partial charge in [0.2, 0.25) is 6.41 Å². The Morgan fingerprint density at radius 2 is 2.15 bits per heavy atom. The number of carbonyl (C=O) groups is 2. The van der Waals surface area contributed by atoms with Crippen LogP contribution in [-0.4, -0.2) is 65.1 Å². The third kappa shape index (κ3) is 4.71. The third-order valence-corrected chi connectivity index (χ3v) is 4.84. The minimum absolute atomic E-state index is 0.196. The number of rotatable bonds is 8. The molecule has 8 nitrogen and oxygen atoms in total. The van der Waals surface area contributed by atoms with Gasteiger partial charge < -0.3 is 14.5 Å². The molecular weight excluding hydrogens is 346 g/mol. The molecule has 3 rings (SSSR count). The van der Waals surface area contributed by atoms with Gasteiger partial charge in [-0.15, -0.1) is 5.10 Å². The maximum Gasteiger partial charge on any atom is 0.360 e. The number of benzene rings is 1. The van der Waals surface area contributed by atoms with E-state index in [1.807, 2.05) is 24.3 Å². The highest BCUT2D eigenvalue weighted by Crippen LogP contribution is 2.20. The fourth-order valence-corrected chi connectivity index (χ4v) is 3.30. The lowest BCUT2D eigenvalue weighted by Gasteiger charge is -2.26. The lowest BCUT2D eigenvalue weighted by molar-refractivity contribution is -0.107. The van der Waals surface area contributed by atoms with Gasteiger partial charge >= 0.3 is 5.97 Å². The first-order valence-electron chi connectivity index (χ1n) is 9.19. The van der Waals surface area contributed by atoms with Crippen LogP contribution < -0.4 is 4.90 Å². The first-order chi connectivity index (χ1) is 13.1. The van der Waals surface area contributed by atoms with Gasteiger partial charge in [-0.2, -0.15) is 0 Å². The second kappa shape index (κ2) is 8.77. The molecule has 1 unspecified atom stereocenters. The molecule has 0 radical (unpaired) electrons. The van der Waals surface area contributed by atoms with Gasteiger partial charge in [-0.1, -0.05) is 17.3 Å². The van der Waals surface area contributed by atoms with Crippen molar-refractivity contribution >= 4 is 18.1 Å². The Kier molecular flexibility index (Phi) is 6.18. The maximum absolute atomic E-state index is 11.6. The van der Waals surface area contributed by atoms with Gasteiger partial charge in [-0.25, -0.2) is 9.48 Å². The molecule has 144 valence electrons. The average Bonchev–Trinajstić information content (AvgIpc) is 3.30. The molecule has 1 atom stereocenters. The summed E-state index contributed by atoms with van der Waals surface area (Å²) in [7, 11) is 2.10. The van der Waals surface area contributed by atoms with E-state index in [4.69, 9.17) is 4.74 Å². The standard InChI is InChI=1S/C19H25N5O3/c1-3-27-19(26)18-13-24(21-20-18)11-15-6-8-16(9-7-15)23(14-25)12-17-5-4-10-22(17)2/h6-9,13-14,17H,3-5,10-12H2,1-2H3. The van der Waals surface area contributed by atoms with Gasteiger partial charge in [0.25, 0.3) is 0 Å². The normalized spacial score (nSPS) is 17.0. The summed E-state index contributed by atoms with van der Waals surface area (Å²) >= 11 is 0. The molecule has 1 fully saturated rings. The molecular formula is C19H25N5O3. The monoisotopic (exact) mass is 371 g/mol. The van der Waals surface area contributed by atoms with Crippen LogP contribution in [0.15, 0.2) is 30.5 Å². The predicted octanol–water partition coefficient (Wildman–Crippen LogP) is 1.56. The van der Waals surface area contributed by atoms with Gasteiger partial charge in [0.15, 0.2) is 5.69 Å². The molecule has 1 aliphatic rings. The lowest BCUT2D eigenvalue weighted by Crippen LogP contribution is -2.38. The smallest absolute Gasteiger partial charge is 0.360 e. The Hall–Kier alpha value is -2.74. The van der Waals surface area contributed by atoms with E-state index in [1.54, 1.807) is 22.7 Å². The van der Waals surface area contributed by atoms with Crippen LogP contribution in [0.4, 0.5) is 5.69 Å². The predicted molar refractivity (Wildman–Crippen MR) is 101 cm³/mol. The molecule has 0 saturated carbocycles. The molecule has 27 heavy (non-hydrogen) atoms. The number of ether oxygens (including phenoxy) is 1. The van der Waals surface area contributed by atoms with Gasteiger partial charge in [-0.05, 0) is 51.1 Å². The summed E-state index contributed by atoms with van der Waals surface area (Å²) in [4.78, 5) is 27.2. The van der Waals surface area contributed by atoms with E-state index in [2.05, 4.69) is 22.3 Å². The molecule has 1 amide bonds. The van der Waals surface area contributed by atoms with Crippen molar-refractivity contribution in [2.45, 2.75) is 32.4 Å². The van der Waals surface area contributed by atoms with Crippen molar-refractivity contribution in [2.75, 3.05) is 31.6 Å². The van der Waals surface area contributed by atoms with Crippen LogP contribution in [0.5, 0.6) is 0 Å². The molecule has 1 saturated heterocycles. The SMILES string of the molecule is CCOC(=O)c1cn(Cc2ccc(N(C=O)CC3CCCN3C)cc2)nn1. The second-order valence-corrected chi connectivity index (χ2v) is 6.72. The Balaban J connectivity index is 1.62. The minimum atomic E-state index is -0.474. The van der Waals surface area contributed by atoms with Crippen molar-refractivity contribution in [1.29, 1.82) is 0 Å². The van der Waals surface area contributed by atoms with Crippen molar-refractivity contribution < 1.29 is 14.3 Å². The Morgan fingerprint density at radius 1 is 1.37 bits per heavy atom. The zero-order chi connectivity index (χ0) is 19.2. The van der Waals surface area contributed by atoms with E-state index in [1.165, 1.54) is 6.42 Å². The molecule has 0 aliphatic carbocycles. The zero-order valence-electron chi connectivity index (χ0n) is 15.7. The van der Waals surface area contributed by atoms with Gasteiger partial charge in [-0.3, -0.25) is 4.79 Å². The van der Waals surface area contributed by atoms with E-state index in [-0.39, 0.29) is 5.69 Å². The summed E-state index contributed by atoms with van der Waals surface area (Å²) in [6, 6.07) is 8.18. The molecule has 0 spiro atoms. The highest BCUT2D eigenvalue weighted by molar-refractivity contribution is 5.86. The first-order valence-corrected chi connectivity index (χ1v) is 9.19. The summed E-state index contributed by atoms with van der Waals surface area (Å²) in [6.45, 7) is 4.32. The van der Waals surface area contributed by atoms with E-state index < -0.39 is 5.97 Å². The molecule has 2 aromatic rings. The Labute approximate surface area is 158 Å². The number of esters is 1. The summed E-state index contributed by atoms with van der Waals surface area (Å²) in [5.41, 5.74) is 2.07. The highest BCUT2D eigenvalue weighted by atomic mass is 16.5. The highest BCUT2D eigenvalue weighted by Gasteiger charge is 2.23. The Morgan fingerprint density at radius 3 is 2.78 bits per heavy atom. The number of amides is 1. The van der Waals surface area contributed by atoms with Crippen LogP contribution >= 0.6 is 0 Å². The summed E-state index contributed by atoms with van der Waals surface area (Å²) in [5.74, 6) is -0.474. The van der Waals surface area contributed by atoms with Crippen molar-refractivity contribution in [1.82, 2.24) is 19.9 Å². The summed E-state index contributed by atoms with van der Waals surface area (Å²) < 4.78 is 6.50. The van der Waals surface area contributed by atoms with Crippen molar-refractivity contribution in [3.63, 3.8) is 0 Å². The summed E-state index contributed by atoms with van der Waals surface area (Å²) in [6.07, 6.45) is 4.76. The van der Waals surface area contributed by atoms with Crippen LogP contribution in [0.3, 0.4) is 0 Å². The van der Waals surface area contributed by atoms with E-state index in [0.717, 1.165) is 30.6 Å². The largest absolute Gasteiger partial charge is 0.461 e. The molecule has 1 aromatic heterocycles. The fourth-order valence-electron chi connectivity index (χ4n) is 3.30. The maximum atomic E-state index is 11.6. The quantitative estimate of drug-likeness (QED) is 0.517. The van der Waals surface area contributed by atoms with Crippen molar-refractivity contribution in [3.05, 3.63) is 41.7 Å². The second-order valence-electron chi connectivity index (χ2n) is 6.72. The average molecular weight is 371 g/mol. The summed E-state index contributed by atoms with van der Waals surface area (Å²) in [5, 5.41) is 7.79. The van der Waals surface area contributed by atoms with E-state index in [0.29, 0.717) is 25.7 Å². The first kappa shape index (κ1) is 19.0. The number of nitrogens with zero attached hydrogens (tertiary/aromatic N) is 5. The molecule has 1 aliphatic heterocycles. The number of hydrogen-bond acceptors (Lipinski definition) is 6. The van der Waals surface area contributed by atoms with Crippen molar-refractivity contribution in [2.24, 2.45) is 0 Å². The Bertz CT molecular complexity index is 774. The number of anilines is 1. The molecule has 8 heteroatoms. The van der Waals surface area contributed by atoms with Gasteiger partial charge in [0, 0.05) is 18.3 Å². The van der Waals surface area contributed by atoms with Crippen LogP contribution in [0.25, 0.3) is 0 Å². The van der Waals surface area contributed by atoms with Crippen LogP contribution in [-0.2, 0) is 16.1 Å². The number of aromatic nitrogens is 3. The topological polar surface area (TPSA) is 80.6 Å². The zero-order valence-corrected chi connectivity index (χ0v) is 15.7. The molecule has 0 bridgehead atoms. The molecule has 1 aromatic carbocycles. The van der Waals surface area contributed by atoms with Crippen LogP contribution in [0, 0.1) is 0 Å². The minimum Gasteiger partial charge on any atom is -0.461 e. The number of carbonyl (C=O) groups excluding carboxylic acids is 2. The van der Waals surface area contributed by atoms with E-state index in [9.17, 15) is 9.59 Å². The van der Waals surface area contributed by atoms with Crippen LogP contribution in [0.1, 0.15) is 35.8 Å². The molecule has 0 N–H and O–H groups in total. The van der Waals surface area contributed by atoms with E-state index >= 15 is 0 Å². The van der Waals surface area contributed by atoms with Gasteiger partial charge in [0.1, 0.15) is 0 Å². The third-order valence-electron chi connectivity index (χ3n) is 4.84. The lowest BCUT2D eigenvalue weighted by atomic mass is 10.1. The van der Waals surface area contributed by atoms with Gasteiger partial charge in [0.05, 0.1) is 19.3 Å².